The molecule has 0 saturated carbocycles. The Kier molecular flexibility index (Phi) is 5.52. The van der Waals surface area contributed by atoms with Crippen LogP contribution in [-0.2, 0) is 22.9 Å². The van der Waals surface area contributed by atoms with E-state index in [1.165, 1.54) is 6.07 Å². The Morgan fingerprint density at radius 2 is 1.87 bits per heavy atom. The molecule has 0 aliphatic rings. The average molecular weight is 333 g/mol. The molecule has 0 amide bonds. The van der Waals surface area contributed by atoms with Gasteiger partial charge in [-0.1, -0.05) is 37.3 Å². The van der Waals surface area contributed by atoms with Crippen LogP contribution in [-0.4, -0.2) is 26.0 Å². The zero-order valence-corrected chi connectivity index (χ0v) is 13.6. The number of carboxylic acids is 1. The lowest BCUT2D eigenvalue weighted by Crippen LogP contribution is -2.26. The maximum absolute atomic E-state index is 12.3. The van der Waals surface area contributed by atoms with Crippen LogP contribution in [0, 0.1) is 0 Å². The first-order valence-corrected chi connectivity index (χ1v) is 8.82. The molecule has 0 atom stereocenters. The number of aryl methyl sites for hydroxylation is 1. The summed E-state index contributed by atoms with van der Waals surface area (Å²) in [7, 11) is -3.59. The van der Waals surface area contributed by atoms with Gasteiger partial charge in [0.2, 0.25) is 10.0 Å². The molecule has 0 saturated heterocycles. The molecule has 0 fully saturated rings. The van der Waals surface area contributed by atoms with Gasteiger partial charge in [0.1, 0.15) is 0 Å². The molecule has 2 aromatic carbocycles. The molecular formula is C17H19NO4S. The van der Waals surface area contributed by atoms with E-state index in [2.05, 4.69) is 4.72 Å². The van der Waals surface area contributed by atoms with Crippen LogP contribution in [0.3, 0.4) is 0 Å². The molecule has 23 heavy (non-hydrogen) atoms. The molecule has 5 nitrogen and oxygen atoms in total. The van der Waals surface area contributed by atoms with Crippen molar-refractivity contribution in [1.82, 2.24) is 4.72 Å². The molecule has 0 aliphatic carbocycles. The number of hydrogen-bond acceptors (Lipinski definition) is 3. The summed E-state index contributed by atoms with van der Waals surface area (Å²) in [5.74, 6) is -1.01. The quantitative estimate of drug-likeness (QED) is 0.815. The van der Waals surface area contributed by atoms with Gasteiger partial charge in [-0.3, -0.25) is 0 Å². The van der Waals surface area contributed by atoms with E-state index in [1.807, 2.05) is 13.0 Å². The van der Waals surface area contributed by atoms with E-state index in [1.54, 1.807) is 36.4 Å². The van der Waals surface area contributed by atoms with Gasteiger partial charge in [0.05, 0.1) is 10.5 Å². The molecule has 0 aromatic heterocycles. The minimum atomic E-state index is -3.59. The summed E-state index contributed by atoms with van der Waals surface area (Å²) in [6.45, 7) is 2.10. The SMILES string of the molecule is CCc1cccc(S(=O)(=O)NCCc2ccccc2C(=O)O)c1. The first-order chi connectivity index (χ1) is 10.9. The Hall–Kier alpha value is -2.18. The minimum Gasteiger partial charge on any atom is -0.478 e. The molecule has 0 heterocycles. The van der Waals surface area contributed by atoms with Crippen molar-refractivity contribution in [3.8, 4) is 0 Å². The predicted molar refractivity (Wildman–Crippen MR) is 88.1 cm³/mol. The summed E-state index contributed by atoms with van der Waals surface area (Å²) in [4.78, 5) is 11.4. The van der Waals surface area contributed by atoms with Gasteiger partial charge in [0.15, 0.2) is 0 Å². The number of carbonyl (C=O) groups is 1. The smallest absolute Gasteiger partial charge is 0.335 e. The molecule has 6 heteroatoms. The van der Waals surface area contributed by atoms with Crippen molar-refractivity contribution in [2.75, 3.05) is 6.54 Å². The van der Waals surface area contributed by atoms with Crippen molar-refractivity contribution in [3.63, 3.8) is 0 Å². The van der Waals surface area contributed by atoms with Gasteiger partial charge in [-0.2, -0.15) is 0 Å². The summed E-state index contributed by atoms with van der Waals surface area (Å²) >= 11 is 0. The Morgan fingerprint density at radius 3 is 2.57 bits per heavy atom. The van der Waals surface area contributed by atoms with Crippen molar-refractivity contribution >= 4 is 16.0 Å². The number of nitrogens with one attached hydrogen (secondary N) is 1. The van der Waals surface area contributed by atoms with E-state index in [0.717, 1.165) is 12.0 Å². The van der Waals surface area contributed by atoms with E-state index < -0.39 is 16.0 Å². The fraction of sp³-hybridized carbons (Fsp3) is 0.235. The predicted octanol–water partition coefficient (Wildman–Crippen LogP) is 2.47. The Morgan fingerprint density at radius 1 is 1.13 bits per heavy atom. The van der Waals surface area contributed by atoms with Crippen LogP contribution in [0.5, 0.6) is 0 Å². The van der Waals surface area contributed by atoms with Crippen molar-refractivity contribution in [2.24, 2.45) is 0 Å². The molecule has 0 unspecified atom stereocenters. The van der Waals surface area contributed by atoms with Crippen LogP contribution < -0.4 is 4.72 Å². The van der Waals surface area contributed by atoms with E-state index in [9.17, 15) is 13.2 Å². The van der Waals surface area contributed by atoms with Crippen molar-refractivity contribution in [3.05, 3.63) is 65.2 Å². The lowest BCUT2D eigenvalue weighted by molar-refractivity contribution is 0.0695. The summed E-state index contributed by atoms with van der Waals surface area (Å²) in [6.07, 6.45) is 1.07. The second kappa shape index (κ2) is 7.39. The molecule has 0 aliphatic heterocycles. The highest BCUT2D eigenvalue weighted by Crippen LogP contribution is 2.13. The standard InChI is InChI=1S/C17H19NO4S/c1-2-13-6-5-8-15(12-13)23(21,22)18-11-10-14-7-3-4-9-16(14)17(19)20/h3-9,12,18H,2,10-11H2,1H3,(H,19,20). The fourth-order valence-corrected chi connectivity index (χ4v) is 3.38. The molecule has 0 radical (unpaired) electrons. The molecular weight excluding hydrogens is 314 g/mol. The second-order valence-electron chi connectivity index (χ2n) is 5.11. The van der Waals surface area contributed by atoms with Gasteiger partial charge in [0.25, 0.3) is 0 Å². The van der Waals surface area contributed by atoms with Gasteiger partial charge in [-0.15, -0.1) is 0 Å². The van der Waals surface area contributed by atoms with Crippen LogP contribution in [0.2, 0.25) is 0 Å². The minimum absolute atomic E-state index is 0.142. The third-order valence-corrected chi connectivity index (χ3v) is 5.01. The van der Waals surface area contributed by atoms with Gasteiger partial charge in [-0.25, -0.2) is 17.9 Å². The summed E-state index contributed by atoms with van der Waals surface area (Å²) in [5.41, 5.74) is 1.74. The Balaban J connectivity index is 2.07. The average Bonchev–Trinajstić information content (AvgIpc) is 2.55. The first kappa shape index (κ1) is 17.2. The van der Waals surface area contributed by atoms with Gasteiger partial charge >= 0.3 is 5.97 Å². The number of aromatic carboxylic acids is 1. The van der Waals surface area contributed by atoms with Gasteiger partial charge in [0, 0.05) is 6.54 Å². The summed E-state index contributed by atoms with van der Waals surface area (Å²) < 4.78 is 27.1. The van der Waals surface area contributed by atoms with Crippen LogP contribution in [0.25, 0.3) is 0 Å². The monoisotopic (exact) mass is 333 g/mol. The summed E-state index contributed by atoms with van der Waals surface area (Å²) in [6, 6.07) is 13.4. The highest BCUT2D eigenvalue weighted by atomic mass is 32.2. The number of hydrogen-bond donors (Lipinski definition) is 2. The number of benzene rings is 2. The van der Waals surface area contributed by atoms with E-state index in [0.29, 0.717) is 12.0 Å². The highest BCUT2D eigenvalue weighted by molar-refractivity contribution is 7.89. The Labute approximate surface area is 136 Å². The lowest BCUT2D eigenvalue weighted by atomic mass is 10.1. The van der Waals surface area contributed by atoms with Gasteiger partial charge in [-0.05, 0) is 42.2 Å². The zero-order valence-electron chi connectivity index (χ0n) is 12.8. The van der Waals surface area contributed by atoms with Crippen molar-refractivity contribution in [2.45, 2.75) is 24.7 Å². The normalized spacial score (nSPS) is 11.3. The Bertz CT molecular complexity index is 800. The summed E-state index contributed by atoms with van der Waals surface area (Å²) in [5, 5.41) is 9.12. The van der Waals surface area contributed by atoms with E-state index in [4.69, 9.17) is 5.11 Å². The fourth-order valence-electron chi connectivity index (χ4n) is 2.28. The number of sulfonamides is 1. The van der Waals surface area contributed by atoms with Crippen molar-refractivity contribution in [1.29, 1.82) is 0 Å². The molecule has 2 aromatic rings. The van der Waals surface area contributed by atoms with Crippen LogP contribution >= 0.6 is 0 Å². The van der Waals surface area contributed by atoms with Crippen LogP contribution in [0.15, 0.2) is 53.4 Å². The maximum atomic E-state index is 12.3. The first-order valence-electron chi connectivity index (χ1n) is 7.34. The molecule has 0 spiro atoms. The van der Waals surface area contributed by atoms with Crippen LogP contribution in [0.4, 0.5) is 0 Å². The van der Waals surface area contributed by atoms with E-state index in [-0.39, 0.29) is 17.0 Å². The van der Waals surface area contributed by atoms with Crippen molar-refractivity contribution < 1.29 is 18.3 Å². The molecule has 0 bridgehead atoms. The van der Waals surface area contributed by atoms with E-state index >= 15 is 0 Å². The number of rotatable bonds is 7. The molecule has 122 valence electrons. The molecule has 2 rings (SSSR count). The van der Waals surface area contributed by atoms with Crippen LogP contribution in [0.1, 0.15) is 28.4 Å². The lowest BCUT2D eigenvalue weighted by Gasteiger charge is -2.09. The third-order valence-electron chi connectivity index (χ3n) is 3.55. The molecule has 2 N–H and O–H groups in total. The highest BCUT2D eigenvalue weighted by Gasteiger charge is 2.15. The number of carboxylic acid groups (broad SMARTS) is 1. The zero-order chi connectivity index (χ0) is 16.9. The third kappa shape index (κ3) is 4.40. The topological polar surface area (TPSA) is 83.5 Å². The van der Waals surface area contributed by atoms with Gasteiger partial charge < -0.3 is 5.11 Å². The second-order valence-corrected chi connectivity index (χ2v) is 6.88. The maximum Gasteiger partial charge on any atom is 0.335 e. The largest absolute Gasteiger partial charge is 0.478 e.